The van der Waals surface area contributed by atoms with Crippen molar-refractivity contribution >= 4 is 17.6 Å². The number of likely N-dealkylation sites (tertiary alicyclic amines) is 1. The third-order valence-corrected chi connectivity index (χ3v) is 6.23. The predicted octanol–water partition coefficient (Wildman–Crippen LogP) is 2.60. The molecule has 2 aromatic rings. The van der Waals surface area contributed by atoms with Crippen molar-refractivity contribution in [3.8, 4) is 0 Å². The van der Waals surface area contributed by atoms with E-state index in [9.17, 15) is 9.59 Å². The summed E-state index contributed by atoms with van der Waals surface area (Å²) in [5.41, 5.74) is 1.09. The van der Waals surface area contributed by atoms with Crippen LogP contribution in [0.2, 0.25) is 0 Å². The van der Waals surface area contributed by atoms with Crippen LogP contribution in [-0.2, 0) is 10.2 Å². The molecule has 4 rings (SSSR count). The van der Waals surface area contributed by atoms with E-state index in [0.29, 0.717) is 11.4 Å². The molecule has 29 heavy (non-hydrogen) atoms. The highest BCUT2D eigenvalue weighted by atomic mass is 16.2. The lowest BCUT2D eigenvalue weighted by atomic mass is 9.72. The van der Waals surface area contributed by atoms with Gasteiger partial charge in [-0.1, -0.05) is 30.3 Å². The van der Waals surface area contributed by atoms with Gasteiger partial charge in [-0.2, -0.15) is 0 Å². The van der Waals surface area contributed by atoms with Gasteiger partial charge in [0.25, 0.3) is 5.91 Å². The number of carbonyl (C=O) groups is 2. The fraction of sp³-hybridized carbons (Fsp3) is 0.435. The van der Waals surface area contributed by atoms with Gasteiger partial charge >= 0.3 is 0 Å². The minimum absolute atomic E-state index is 0.0228. The number of pyridine rings is 1. The van der Waals surface area contributed by atoms with Gasteiger partial charge in [-0.15, -0.1) is 0 Å². The summed E-state index contributed by atoms with van der Waals surface area (Å²) in [4.78, 5) is 34.1. The van der Waals surface area contributed by atoms with E-state index in [2.05, 4.69) is 10.3 Å². The number of carbonyl (C=O) groups excluding carboxylic acids is 2. The summed E-state index contributed by atoms with van der Waals surface area (Å²) < 4.78 is 0. The van der Waals surface area contributed by atoms with Crippen LogP contribution < -0.4 is 10.2 Å². The van der Waals surface area contributed by atoms with Crippen molar-refractivity contribution in [1.29, 1.82) is 0 Å². The SMILES string of the molecule is CN(C(=O)C1(c2ccccc2)CCNCC1)c1ccc(C(=O)N2CCCC2)cn1. The summed E-state index contributed by atoms with van der Waals surface area (Å²) in [5.74, 6) is 0.646. The zero-order valence-corrected chi connectivity index (χ0v) is 16.9. The van der Waals surface area contributed by atoms with Gasteiger partial charge < -0.3 is 10.2 Å². The second-order valence-corrected chi connectivity index (χ2v) is 7.97. The van der Waals surface area contributed by atoms with Crippen LogP contribution in [0.3, 0.4) is 0 Å². The second kappa shape index (κ2) is 8.33. The number of hydrogen-bond acceptors (Lipinski definition) is 4. The molecule has 1 aromatic carbocycles. The first-order chi connectivity index (χ1) is 14.1. The van der Waals surface area contributed by atoms with Gasteiger partial charge in [0.05, 0.1) is 11.0 Å². The van der Waals surface area contributed by atoms with E-state index in [-0.39, 0.29) is 11.8 Å². The Labute approximate surface area is 171 Å². The smallest absolute Gasteiger partial charge is 0.255 e. The second-order valence-electron chi connectivity index (χ2n) is 7.97. The number of benzene rings is 1. The Morgan fingerprint density at radius 3 is 2.34 bits per heavy atom. The molecule has 0 saturated carbocycles. The van der Waals surface area contributed by atoms with Crippen LogP contribution in [0, 0.1) is 0 Å². The molecule has 0 atom stereocenters. The highest BCUT2D eigenvalue weighted by Gasteiger charge is 2.43. The average molecular weight is 393 g/mol. The Balaban J connectivity index is 1.56. The zero-order valence-electron chi connectivity index (χ0n) is 16.9. The molecule has 1 N–H and O–H groups in total. The van der Waals surface area contributed by atoms with E-state index in [1.165, 1.54) is 0 Å². The number of likely N-dealkylation sites (N-methyl/N-ethyl adjacent to an activating group) is 1. The Morgan fingerprint density at radius 2 is 1.72 bits per heavy atom. The van der Waals surface area contributed by atoms with E-state index < -0.39 is 5.41 Å². The van der Waals surface area contributed by atoms with Gasteiger partial charge in [-0.05, 0) is 56.5 Å². The van der Waals surface area contributed by atoms with Crippen LogP contribution in [0.1, 0.15) is 41.6 Å². The molecule has 2 aliphatic rings. The van der Waals surface area contributed by atoms with Gasteiger partial charge in [-0.25, -0.2) is 4.98 Å². The highest BCUT2D eigenvalue weighted by molar-refractivity contribution is 6.01. The molecule has 2 aliphatic heterocycles. The van der Waals surface area contributed by atoms with Crippen LogP contribution in [0.25, 0.3) is 0 Å². The maximum atomic E-state index is 13.6. The Bertz CT molecular complexity index is 854. The van der Waals surface area contributed by atoms with Gasteiger partial charge in [-0.3, -0.25) is 14.5 Å². The molecule has 2 saturated heterocycles. The van der Waals surface area contributed by atoms with Gasteiger partial charge in [0.15, 0.2) is 0 Å². The standard InChI is InChI=1S/C23H28N4O2/c1-26(20-10-9-18(17-25-20)21(28)27-15-5-6-16-27)22(29)23(11-13-24-14-12-23)19-7-3-2-4-8-19/h2-4,7-10,17,24H,5-6,11-16H2,1H3. The average Bonchev–Trinajstić information content (AvgIpc) is 3.34. The lowest BCUT2D eigenvalue weighted by molar-refractivity contribution is -0.124. The molecule has 2 fully saturated rings. The van der Waals surface area contributed by atoms with Crippen LogP contribution in [-0.4, -0.2) is 54.9 Å². The van der Waals surface area contributed by atoms with E-state index in [1.807, 2.05) is 35.2 Å². The maximum absolute atomic E-state index is 13.6. The molecule has 0 spiro atoms. The minimum atomic E-state index is -0.549. The molecule has 0 unspecified atom stereocenters. The molecule has 3 heterocycles. The van der Waals surface area contributed by atoms with Crippen LogP contribution in [0.5, 0.6) is 0 Å². The molecule has 1 aromatic heterocycles. The van der Waals surface area contributed by atoms with Crippen molar-refractivity contribution in [3.63, 3.8) is 0 Å². The highest BCUT2D eigenvalue weighted by Crippen LogP contribution is 2.36. The summed E-state index contributed by atoms with van der Waals surface area (Å²) in [7, 11) is 1.78. The van der Waals surface area contributed by atoms with Gasteiger partial charge in [0.1, 0.15) is 5.82 Å². The minimum Gasteiger partial charge on any atom is -0.339 e. The van der Waals surface area contributed by atoms with Gasteiger partial charge in [0.2, 0.25) is 5.91 Å². The fourth-order valence-corrected chi connectivity index (χ4v) is 4.48. The normalized spacial score (nSPS) is 18.4. The third-order valence-electron chi connectivity index (χ3n) is 6.23. The number of rotatable bonds is 4. The lowest BCUT2D eigenvalue weighted by Crippen LogP contribution is -2.51. The Kier molecular flexibility index (Phi) is 5.62. The topological polar surface area (TPSA) is 65.5 Å². The Morgan fingerprint density at radius 1 is 1.03 bits per heavy atom. The summed E-state index contributed by atoms with van der Waals surface area (Å²) in [6.45, 7) is 3.25. The van der Waals surface area contributed by atoms with E-state index >= 15 is 0 Å². The molecule has 0 bridgehead atoms. The molecule has 0 radical (unpaired) electrons. The lowest BCUT2D eigenvalue weighted by Gasteiger charge is -2.39. The van der Waals surface area contributed by atoms with Crippen molar-refractivity contribution in [2.45, 2.75) is 31.1 Å². The van der Waals surface area contributed by atoms with Crippen molar-refractivity contribution in [2.75, 3.05) is 38.1 Å². The van der Waals surface area contributed by atoms with Gasteiger partial charge in [0, 0.05) is 26.3 Å². The fourth-order valence-electron chi connectivity index (χ4n) is 4.48. The number of nitrogens with zero attached hydrogens (tertiary/aromatic N) is 3. The number of piperidine rings is 1. The van der Waals surface area contributed by atoms with E-state index in [1.54, 1.807) is 30.3 Å². The zero-order chi connectivity index (χ0) is 20.3. The quantitative estimate of drug-likeness (QED) is 0.869. The van der Waals surface area contributed by atoms with Crippen molar-refractivity contribution in [1.82, 2.24) is 15.2 Å². The van der Waals surface area contributed by atoms with E-state index in [4.69, 9.17) is 0 Å². The van der Waals surface area contributed by atoms with Crippen molar-refractivity contribution < 1.29 is 9.59 Å². The summed E-state index contributed by atoms with van der Waals surface area (Å²) in [5, 5.41) is 3.36. The molecule has 6 nitrogen and oxygen atoms in total. The van der Waals surface area contributed by atoms with E-state index in [0.717, 1.165) is 57.4 Å². The van der Waals surface area contributed by atoms with Crippen LogP contribution >= 0.6 is 0 Å². The molecule has 2 amide bonds. The first-order valence-electron chi connectivity index (χ1n) is 10.4. The summed E-state index contributed by atoms with van der Waals surface area (Å²) in [6.07, 6.45) is 5.23. The monoisotopic (exact) mass is 392 g/mol. The third kappa shape index (κ3) is 3.77. The first kappa shape index (κ1) is 19.6. The molecule has 152 valence electrons. The molecule has 0 aliphatic carbocycles. The first-order valence-corrected chi connectivity index (χ1v) is 10.4. The molecule has 6 heteroatoms. The van der Waals surface area contributed by atoms with Crippen LogP contribution in [0.15, 0.2) is 48.7 Å². The summed E-state index contributed by atoms with van der Waals surface area (Å²) >= 11 is 0. The number of amides is 2. The largest absolute Gasteiger partial charge is 0.339 e. The number of anilines is 1. The molecular weight excluding hydrogens is 364 g/mol. The maximum Gasteiger partial charge on any atom is 0.255 e. The number of aromatic nitrogens is 1. The molecular formula is C23H28N4O2. The number of nitrogens with one attached hydrogen (secondary N) is 1. The van der Waals surface area contributed by atoms with Crippen molar-refractivity contribution in [2.24, 2.45) is 0 Å². The predicted molar refractivity (Wildman–Crippen MR) is 113 cm³/mol. The van der Waals surface area contributed by atoms with Crippen LogP contribution in [0.4, 0.5) is 5.82 Å². The number of hydrogen-bond donors (Lipinski definition) is 1. The van der Waals surface area contributed by atoms with Crippen molar-refractivity contribution in [3.05, 3.63) is 59.8 Å². The summed E-state index contributed by atoms with van der Waals surface area (Å²) in [6, 6.07) is 13.6. The Hall–Kier alpha value is -2.73.